The molecule has 0 unspecified atom stereocenters. The molecule has 0 aromatic heterocycles. The Bertz CT molecular complexity index is 831. The number of nitrogens with zero attached hydrogens (tertiary/aromatic N) is 1. The monoisotopic (exact) mass is 317 g/mol. The van der Waals surface area contributed by atoms with Crippen molar-refractivity contribution in [3.63, 3.8) is 0 Å². The van der Waals surface area contributed by atoms with E-state index in [4.69, 9.17) is 4.74 Å². The van der Waals surface area contributed by atoms with E-state index in [-0.39, 0.29) is 10.9 Å². The van der Waals surface area contributed by atoms with Crippen LogP contribution in [0.5, 0.6) is 5.75 Å². The fourth-order valence-electron chi connectivity index (χ4n) is 2.15. The highest BCUT2D eigenvalue weighted by Gasteiger charge is 2.25. The van der Waals surface area contributed by atoms with E-state index in [1.54, 1.807) is 31.4 Å². The van der Waals surface area contributed by atoms with Crippen LogP contribution in [0.15, 0.2) is 58.4 Å². The Morgan fingerprint density at radius 3 is 2.77 bits per heavy atom. The molecule has 0 saturated carbocycles. The van der Waals surface area contributed by atoms with Gasteiger partial charge in [-0.25, -0.2) is 18.1 Å². The Morgan fingerprint density at radius 2 is 1.95 bits per heavy atom. The molecule has 3 rings (SSSR count). The molecule has 6 nitrogen and oxygen atoms in total. The lowest BCUT2D eigenvalue weighted by molar-refractivity contribution is 0.414. The van der Waals surface area contributed by atoms with Crippen molar-refractivity contribution in [2.45, 2.75) is 11.4 Å². The third-order valence-electron chi connectivity index (χ3n) is 3.21. The number of rotatable bonds is 3. The number of para-hydroxylation sites is 1. The fourth-order valence-corrected chi connectivity index (χ4v) is 3.30. The van der Waals surface area contributed by atoms with Crippen molar-refractivity contribution in [1.82, 2.24) is 4.72 Å². The molecule has 2 aromatic carbocycles. The van der Waals surface area contributed by atoms with Crippen LogP contribution in [0.25, 0.3) is 0 Å². The van der Waals surface area contributed by atoms with Crippen LogP contribution >= 0.6 is 0 Å². The molecule has 0 bridgehead atoms. The van der Waals surface area contributed by atoms with Crippen LogP contribution in [0.1, 0.15) is 5.56 Å². The quantitative estimate of drug-likeness (QED) is 0.907. The van der Waals surface area contributed by atoms with E-state index in [9.17, 15) is 8.42 Å². The average Bonchev–Trinajstić information content (AvgIpc) is 2.52. The summed E-state index contributed by atoms with van der Waals surface area (Å²) in [5.41, 5.74) is 1.44. The van der Waals surface area contributed by atoms with E-state index in [1.807, 2.05) is 24.3 Å². The molecule has 0 spiro atoms. The third kappa shape index (κ3) is 2.89. The first-order valence-electron chi connectivity index (χ1n) is 6.65. The lowest BCUT2D eigenvalue weighted by Crippen LogP contribution is -2.40. The number of aliphatic imine (C=N–C) groups is 1. The van der Waals surface area contributed by atoms with Crippen molar-refractivity contribution in [2.75, 3.05) is 12.4 Å². The number of nitrogens with one attached hydrogen (secondary N) is 2. The molecule has 1 aliphatic rings. The number of hydrogen-bond donors (Lipinski definition) is 2. The topological polar surface area (TPSA) is 79.8 Å². The molecular weight excluding hydrogens is 302 g/mol. The summed E-state index contributed by atoms with van der Waals surface area (Å²) in [6.45, 7) is 0.338. The molecule has 1 heterocycles. The molecule has 22 heavy (non-hydrogen) atoms. The summed E-state index contributed by atoms with van der Waals surface area (Å²) < 4.78 is 31.9. The molecule has 114 valence electrons. The van der Waals surface area contributed by atoms with E-state index in [2.05, 4.69) is 15.0 Å². The molecule has 0 radical (unpaired) electrons. The van der Waals surface area contributed by atoms with E-state index in [0.717, 1.165) is 11.3 Å². The largest absolute Gasteiger partial charge is 0.497 e. The van der Waals surface area contributed by atoms with E-state index in [0.29, 0.717) is 12.2 Å². The van der Waals surface area contributed by atoms with Gasteiger partial charge in [0.1, 0.15) is 10.6 Å². The Balaban J connectivity index is 1.85. The normalized spacial score (nSPS) is 17.2. The van der Waals surface area contributed by atoms with Crippen LogP contribution in [0.3, 0.4) is 0 Å². The SMILES string of the molecule is COc1cccc(CN=C2Nc3ccccc3S(=O)(=O)N2)c1. The van der Waals surface area contributed by atoms with Crippen LogP contribution in [-0.4, -0.2) is 21.5 Å². The maximum absolute atomic E-state index is 12.1. The lowest BCUT2D eigenvalue weighted by atomic mass is 10.2. The van der Waals surface area contributed by atoms with E-state index in [1.165, 1.54) is 0 Å². The Labute approximate surface area is 128 Å². The number of benzene rings is 2. The highest BCUT2D eigenvalue weighted by atomic mass is 32.2. The van der Waals surface area contributed by atoms with Gasteiger partial charge < -0.3 is 10.1 Å². The Hall–Kier alpha value is -2.54. The third-order valence-corrected chi connectivity index (χ3v) is 4.61. The number of methoxy groups -OCH3 is 1. The minimum absolute atomic E-state index is 0.210. The van der Waals surface area contributed by atoms with Crippen LogP contribution in [0, 0.1) is 0 Å². The molecule has 0 fully saturated rings. The lowest BCUT2D eigenvalue weighted by Gasteiger charge is -2.21. The van der Waals surface area contributed by atoms with Gasteiger partial charge in [0.15, 0.2) is 0 Å². The Kier molecular flexibility index (Phi) is 3.72. The zero-order valence-electron chi connectivity index (χ0n) is 11.9. The minimum atomic E-state index is -3.58. The van der Waals surface area contributed by atoms with Gasteiger partial charge in [-0.05, 0) is 29.8 Å². The number of ether oxygens (including phenoxy) is 1. The number of fused-ring (bicyclic) bond motifs is 1. The molecule has 0 amide bonds. The fraction of sp³-hybridized carbons (Fsp3) is 0.133. The molecule has 0 saturated heterocycles. The average molecular weight is 317 g/mol. The van der Waals surface area contributed by atoms with Crippen molar-refractivity contribution in [2.24, 2.45) is 4.99 Å². The van der Waals surface area contributed by atoms with Gasteiger partial charge in [0.25, 0.3) is 10.0 Å². The molecule has 2 aromatic rings. The number of hydrogen-bond acceptors (Lipinski definition) is 4. The highest BCUT2D eigenvalue weighted by molar-refractivity contribution is 7.90. The van der Waals surface area contributed by atoms with Gasteiger partial charge >= 0.3 is 0 Å². The predicted octanol–water partition coefficient (Wildman–Crippen LogP) is 1.96. The van der Waals surface area contributed by atoms with Gasteiger partial charge in [-0.2, -0.15) is 0 Å². The second-order valence-electron chi connectivity index (χ2n) is 4.74. The molecule has 7 heteroatoms. The van der Waals surface area contributed by atoms with Crippen LogP contribution in [0.2, 0.25) is 0 Å². The summed E-state index contributed by atoms with van der Waals surface area (Å²) >= 11 is 0. The van der Waals surface area contributed by atoms with Crippen LogP contribution < -0.4 is 14.8 Å². The van der Waals surface area contributed by atoms with Gasteiger partial charge in [0.05, 0.1) is 19.3 Å². The smallest absolute Gasteiger partial charge is 0.266 e. The zero-order chi connectivity index (χ0) is 15.6. The minimum Gasteiger partial charge on any atom is -0.497 e. The van der Waals surface area contributed by atoms with Gasteiger partial charge in [-0.3, -0.25) is 0 Å². The van der Waals surface area contributed by atoms with Gasteiger partial charge in [0.2, 0.25) is 5.96 Å². The second kappa shape index (κ2) is 5.69. The summed E-state index contributed by atoms with van der Waals surface area (Å²) in [6.07, 6.45) is 0. The van der Waals surface area contributed by atoms with Gasteiger partial charge in [-0.15, -0.1) is 0 Å². The summed E-state index contributed by atoms with van der Waals surface area (Å²) in [7, 11) is -1.98. The second-order valence-corrected chi connectivity index (χ2v) is 6.39. The standard InChI is InChI=1S/C15H15N3O3S/c1-21-12-6-4-5-11(9-12)10-16-15-17-13-7-2-3-8-14(13)22(19,20)18-15/h2-9H,10H2,1H3,(H2,16,17,18). The number of anilines is 1. The molecular formula is C15H15N3O3S. The van der Waals surface area contributed by atoms with Crippen molar-refractivity contribution < 1.29 is 13.2 Å². The van der Waals surface area contributed by atoms with E-state index >= 15 is 0 Å². The summed E-state index contributed by atoms with van der Waals surface area (Å²) in [5, 5.41) is 2.98. The van der Waals surface area contributed by atoms with Crippen LogP contribution in [-0.2, 0) is 16.6 Å². The van der Waals surface area contributed by atoms with Crippen LogP contribution in [0.4, 0.5) is 5.69 Å². The Morgan fingerprint density at radius 1 is 1.14 bits per heavy atom. The van der Waals surface area contributed by atoms with Crippen molar-refractivity contribution in [1.29, 1.82) is 0 Å². The first-order valence-corrected chi connectivity index (χ1v) is 8.13. The maximum atomic E-state index is 12.1. The van der Waals surface area contributed by atoms with Gasteiger partial charge in [0, 0.05) is 0 Å². The van der Waals surface area contributed by atoms with Gasteiger partial charge in [-0.1, -0.05) is 24.3 Å². The number of sulfonamides is 1. The summed E-state index contributed by atoms with van der Waals surface area (Å²) in [4.78, 5) is 4.50. The molecule has 0 aliphatic carbocycles. The van der Waals surface area contributed by atoms with Crippen molar-refractivity contribution in [3.05, 3.63) is 54.1 Å². The number of guanidine groups is 1. The highest BCUT2D eigenvalue weighted by Crippen LogP contribution is 2.24. The molecule has 0 atom stereocenters. The van der Waals surface area contributed by atoms with Crippen molar-refractivity contribution >= 4 is 21.7 Å². The maximum Gasteiger partial charge on any atom is 0.266 e. The summed E-state index contributed by atoms with van der Waals surface area (Å²) in [6, 6.07) is 14.2. The van der Waals surface area contributed by atoms with E-state index < -0.39 is 10.0 Å². The first kappa shape index (κ1) is 14.4. The summed E-state index contributed by atoms with van der Waals surface area (Å²) in [5.74, 6) is 0.946. The zero-order valence-corrected chi connectivity index (χ0v) is 12.7. The molecule has 2 N–H and O–H groups in total. The first-order chi connectivity index (χ1) is 10.6. The predicted molar refractivity (Wildman–Crippen MR) is 84.5 cm³/mol. The molecule has 1 aliphatic heterocycles. The van der Waals surface area contributed by atoms with Crippen molar-refractivity contribution in [3.8, 4) is 5.75 Å².